The summed E-state index contributed by atoms with van der Waals surface area (Å²) in [5.41, 5.74) is 2.66. The van der Waals surface area contributed by atoms with E-state index in [4.69, 9.17) is 9.47 Å². The van der Waals surface area contributed by atoms with Crippen molar-refractivity contribution in [1.29, 1.82) is 0 Å². The van der Waals surface area contributed by atoms with Crippen LogP contribution in [-0.2, 0) is 9.47 Å². The summed E-state index contributed by atoms with van der Waals surface area (Å²) in [6.45, 7) is 8.40. The standard InChI is InChI=1S/C22H31N3O3/c1-4-10-22(3,21-27-13-14-28-21)11-7-12-23-20(26)18-15-24-25(16-18)19-9-6-5-8-17(19)2/h5-6,8-9,15-16,21H,4,7,10-14H2,1-3H3,(H,23,26)/t22-/m1/s1. The van der Waals surface area contributed by atoms with Gasteiger partial charge in [-0.25, -0.2) is 4.68 Å². The lowest BCUT2D eigenvalue weighted by Gasteiger charge is -2.33. The van der Waals surface area contributed by atoms with Gasteiger partial charge in [-0.2, -0.15) is 5.10 Å². The number of ether oxygens (including phenoxy) is 2. The lowest BCUT2D eigenvalue weighted by molar-refractivity contribution is -0.133. The minimum atomic E-state index is -0.129. The van der Waals surface area contributed by atoms with Crippen molar-refractivity contribution < 1.29 is 14.3 Å². The molecule has 1 aliphatic heterocycles. The number of amides is 1. The lowest BCUT2D eigenvalue weighted by Crippen LogP contribution is -2.34. The summed E-state index contributed by atoms with van der Waals surface area (Å²) in [7, 11) is 0. The predicted octanol–water partition coefficient (Wildman–Crippen LogP) is 3.87. The largest absolute Gasteiger partial charge is 0.352 e. The molecule has 2 heterocycles. The molecule has 1 atom stereocenters. The molecule has 1 amide bonds. The van der Waals surface area contributed by atoms with Gasteiger partial charge in [0.25, 0.3) is 5.91 Å². The van der Waals surface area contributed by atoms with E-state index in [0.29, 0.717) is 25.3 Å². The maximum atomic E-state index is 12.5. The van der Waals surface area contributed by atoms with Gasteiger partial charge in [-0.05, 0) is 37.8 Å². The molecule has 0 aliphatic carbocycles. The lowest BCUT2D eigenvalue weighted by atomic mass is 9.80. The molecule has 0 bridgehead atoms. The van der Waals surface area contributed by atoms with Crippen molar-refractivity contribution in [2.75, 3.05) is 19.8 Å². The Bertz CT molecular complexity index is 783. The molecule has 0 saturated carbocycles. The molecule has 0 unspecified atom stereocenters. The highest BCUT2D eigenvalue weighted by Crippen LogP contribution is 2.37. The Kier molecular flexibility index (Phi) is 6.86. The molecule has 1 aromatic heterocycles. The first-order chi connectivity index (χ1) is 13.5. The minimum Gasteiger partial charge on any atom is -0.352 e. The van der Waals surface area contributed by atoms with Crippen molar-refractivity contribution in [1.82, 2.24) is 15.1 Å². The Labute approximate surface area is 167 Å². The number of aryl methyl sites for hydroxylation is 1. The van der Waals surface area contributed by atoms with Crippen LogP contribution in [0.2, 0.25) is 0 Å². The van der Waals surface area contributed by atoms with E-state index in [9.17, 15) is 4.79 Å². The van der Waals surface area contributed by atoms with E-state index in [1.165, 1.54) is 0 Å². The van der Waals surface area contributed by atoms with Crippen LogP contribution >= 0.6 is 0 Å². The van der Waals surface area contributed by atoms with Crippen LogP contribution in [0.1, 0.15) is 55.5 Å². The van der Waals surface area contributed by atoms with Crippen molar-refractivity contribution in [3.8, 4) is 5.69 Å². The van der Waals surface area contributed by atoms with Crippen LogP contribution in [0.4, 0.5) is 0 Å². The molecule has 152 valence electrons. The van der Waals surface area contributed by atoms with E-state index in [0.717, 1.165) is 36.9 Å². The summed E-state index contributed by atoms with van der Waals surface area (Å²) in [5, 5.41) is 7.34. The van der Waals surface area contributed by atoms with Crippen LogP contribution in [0, 0.1) is 12.3 Å². The Hall–Kier alpha value is -2.18. The van der Waals surface area contributed by atoms with Crippen LogP contribution in [0.5, 0.6) is 0 Å². The third-order valence-corrected chi connectivity index (χ3v) is 5.43. The number of carbonyl (C=O) groups excluding carboxylic acids is 1. The molecule has 1 aliphatic rings. The van der Waals surface area contributed by atoms with Crippen LogP contribution in [0.3, 0.4) is 0 Å². The van der Waals surface area contributed by atoms with Crippen molar-refractivity contribution >= 4 is 5.91 Å². The summed E-state index contributed by atoms with van der Waals surface area (Å²) < 4.78 is 13.3. The number of carbonyl (C=O) groups is 1. The molecule has 0 radical (unpaired) electrons. The summed E-state index contributed by atoms with van der Waals surface area (Å²) in [6.07, 6.45) is 7.24. The topological polar surface area (TPSA) is 65.4 Å². The summed E-state index contributed by atoms with van der Waals surface area (Å²) >= 11 is 0. The Morgan fingerprint density at radius 1 is 1.29 bits per heavy atom. The highest BCUT2D eigenvalue weighted by atomic mass is 16.7. The van der Waals surface area contributed by atoms with Gasteiger partial charge in [0.2, 0.25) is 0 Å². The first-order valence-electron chi connectivity index (χ1n) is 10.2. The van der Waals surface area contributed by atoms with Crippen molar-refractivity contribution in [2.45, 2.75) is 52.7 Å². The third kappa shape index (κ3) is 4.80. The fraction of sp³-hybridized carbons (Fsp3) is 0.545. The SMILES string of the molecule is CCC[C@](C)(CCCNC(=O)c1cnn(-c2ccccc2C)c1)C1OCCO1. The molecule has 2 aromatic rings. The van der Waals surface area contributed by atoms with Gasteiger partial charge in [0.05, 0.1) is 30.7 Å². The Morgan fingerprint density at radius 3 is 2.75 bits per heavy atom. The molecule has 6 heteroatoms. The van der Waals surface area contributed by atoms with Crippen LogP contribution in [0.15, 0.2) is 36.7 Å². The average Bonchev–Trinajstić information content (AvgIpc) is 3.38. The van der Waals surface area contributed by atoms with Gasteiger partial charge in [0.1, 0.15) is 0 Å². The third-order valence-electron chi connectivity index (χ3n) is 5.43. The molecule has 28 heavy (non-hydrogen) atoms. The highest BCUT2D eigenvalue weighted by Gasteiger charge is 2.37. The fourth-order valence-corrected chi connectivity index (χ4v) is 3.88. The summed E-state index contributed by atoms with van der Waals surface area (Å²) in [5.74, 6) is -0.0922. The van der Waals surface area contributed by atoms with Crippen LogP contribution in [0.25, 0.3) is 5.69 Å². The molecular weight excluding hydrogens is 354 g/mol. The van der Waals surface area contributed by atoms with E-state index < -0.39 is 0 Å². The van der Waals surface area contributed by atoms with Crippen molar-refractivity contribution in [2.24, 2.45) is 5.41 Å². The predicted molar refractivity (Wildman–Crippen MR) is 109 cm³/mol. The number of para-hydroxylation sites is 1. The summed E-state index contributed by atoms with van der Waals surface area (Å²) in [4.78, 5) is 12.5. The van der Waals surface area contributed by atoms with Gasteiger partial charge in [-0.1, -0.05) is 38.5 Å². The number of rotatable bonds is 9. The fourth-order valence-electron chi connectivity index (χ4n) is 3.88. The number of benzene rings is 1. The molecule has 3 rings (SSSR count). The molecule has 1 aromatic carbocycles. The molecule has 1 N–H and O–H groups in total. The average molecular weight is 386 g/mol. The summed E-state index contributed by atoms with van der Waals surface area (Å²) in [6, 6.07) is 7.98. The van der Waals surface area contributed by atoms with Gasteiger partial charge in [-0.3, -0.25) is 4.79 Å². The zero-order valence-corrected chi connectivity index (χ0v) is 17.1. The molecule has 0 spiro atoms. The second-order valence-electron chi connectivity index (χ2n) is 7.80. The minimum absolute atomic E-state index is 0.00824. The molecule has 1 fully saturated rings. The second-order valence-corrected chi connectivity index (χ2v) is 7.80. The van der Waals surface area contributed by atoms with E-state index in [1.807, 2.05) is 31.2 Å². The zero-order valence-electron chi connectivity index (χ0n) is 17.1. The zero-order chi connectivity index (χ0) is 20.0. The van der Waals surface area contributed by atoms with Gasteiger partial charge in [0.15, 0.2) is 6.29 Å². The van der Waals surface area contributed by atoms with Crippen molar-refractivity contribution in [3.05, 3.63) is 47.8 Å². The molecular formula is C22H31N3O3. The number of nitrogens with zero attached hydrogens (tertiary/aromatic N) is 2. The van der Waals surface area contributed by atoms with E-state index in [1.54, 1.807) is 17.1 Å². The quantitative estimate of drug-likeness (QED) is 0.666. The molecule has 6 nitrogen and oxygen atoms in total. The van der Waals surface area contributed by atoms with Gasteiger partial charge < -0.3 is 14.8 Å². The monoisotopic (exact) mass is 385 g/mol. The Morgan fingerprint density at radius 2 is 2.04 bits per heavy atom. The van der Waals surface area contributed by atoms with Crippen molar-refractivity contribution in [3.63, 3.8) is 0 Å². The number of hydrogen-bond acceptors (Lipinski definition) is 4. The molecule has 1 saturated heterocycles. The normalized spacial score (nSPS) is 16.8. The van der Waals surface area contributed by atoms with Crippen LogP contribution < -0.4 is 5.32 Å². The smallest absolute Gasteiger partial charge is 0.254 e. The maximum absolute atomic E-state index is 12.5. The van der Waals surface area contributed by atoms with Gasteiger partial charge >= 0.3 is 0 Å². The van der Waals surface area contributed by atoms with E-state index in [2.05, 4.69) is 24.3 Å². The van der Waals surface area contributed by atoms with Crippen LogP contribution in [-0.4, -0.2) is 41.7 Å². The second kappa shape index (κ2) is 9.34. The number of nitrogens with one attached hydrogen (secondary N) is 1. The number of aromatic nitrogens is 2. The highest BCUT2D eigenvalue weighted by molar-refractivity contribution is 5.93. The van der Waals surface area contributed by atoms with Gasteiger partial charge in [0, 0.05) is 18.2 Å². The van der Waals surface area contributed by atoms with E-state index >= 15 is 0 Å². The number of hydrogen-bond donors (Lipinski definition) is 1. The Balaban J connectivity index is 1.51. The first-order valence-corrected chi connectivity index (χ1v) is 10.2. The maximum Gasteiger partial charge on any atom is 0.254 e. The van der Waals surface area contributed by atoms with E-state index in [-0.39, 0.29) is 17.6 Å². The van der Waals surface area contributed by atoms with Gasteiger partial charge in [-0.15, -0.1) is 0 Å². The first kappa shape index (κ1) is 20.6.